The van der Waals surface area contributed by atoms with E-state index in [4.69, 9.17) is 28.9 Å². The Hall–Kier alpha value is -1.93. The Morgan fingerprint density at radius 2 is 1.97 bits per heavy atom. The van der Waals surface area contributed by atoms with Gasteiger partial charge in [0, 0.05) is 31.7 Å². The number of nitrogens with two attached hydrogens (primary N) is 1. The van der Waals surface area contributed by atoms with Gasteiger partial charge in [0.2, 0.25) is 5.91 Å². The molecule has 3 N–H and O–H groups in total. The number of fused-ring (bicyclic) bond motifs is 1. The van der Waals surface area contributed by atoms with Gasteiger partial charge in [-0.25, -0.2) is 9.97 Å². The lowest BCUT2D eigenvalue weighted by molar-refractivity contribution is -0.132. The molecule has 2 aromatic rings. The van der Waals surface area contributed by atoms with Gasteiger partial charge in [0.1, 0.15) is 12.1 Å². The monoisotopic (exact) mass is 449 g/mol. The van der Waals surface area contributed by atoms with E-state index in [1.165, 1.54) is 6.33 Å². The summed E-state index contributed by atoms with van der Waals surface area (Å²) in [6.45, 7) is 4.56. The van der Waals surface area contributed by atoms with Crippen molar-refractivity contribution in [2.75, 3.05) is 31.1 Å². The maximum absolute atomic E-state index is 12.8. The zero-order valence-corrected chi connectivity index (χ0v) is 18.3. The molecule has 4 rings (SSSR count). The van der Waals surface area contributed by atoms with E-state index >= 15 is 0 Å². The predicted molar refractivity (Wildman–Crippen MR) is 117 cm³/mol. The lowest BCUT2D eigenvalue weighted by atomic mass is 10.0. The zero-order chi connectivity index (χ0) is 21.4. The van der Waals surface area contributed by atoms with E-state index in [0.29, 0.717) is 49.1 Å². The maximum Gasteiger partial charge on any atom is 0.239 e. The van der Waals surface area contributed by atoms with Gasteiger partial charge in [0.25, 0.3) is 0 Å². The van der Waals surface area contributed by atoms with Crippen LogP contribution >= 0.6 is 23.2 Å². The summed E-state index contributed by atoms with van der Waals surface area (Å²) < 4.78 is 0. The SMILES string of the molecule is C[C@H]1C[C@@H](O)c2ncnc(N3CCN(C(=O)C(N)Cc4ccc(Cl)c(Cl)c4)CC3)c21. The van der Waals surface area contributed by atoms with E-state index in [-0.39, 0.29) is 11.8 Å². The first-order valence-electron chi connectivity index (χ1n) is 10.1. The molecule has 1 aliphatic heterocycles. The summed E-state index contributed by atoms with van der Waals surface area (Å²) in [7, 11) is 0. The first-order valence-corrected chi connectivity index (χ1v) is 10.9. The molecule has 1 fully saturated rings. The van der Waals surface area contributed by atoms with Gasteiger partial charge in [-0.15, -0.1) is 0 Å². The molecule has 0 spiro atoms. The molecule has 1 saturated heterocycles. The maximum atomic E-state index is 12.8. The van der Waals surface area contributed by atoms with E-state index in [9.17, 15) is 9.90 Å². The average molecular weight is 450 g/mol. The summed E-state index contributed by atoms with van der Waals surface area (Å²) in [6, 6.07) is 4.67. The van der Waals surface area contributed by atoms with Crippen LogP contribution in [-0.2, 0) is 11.2 Å². The molecule has 1 unspecified atom stereocenters. The molecule has 0 saturated carbocycles. The number of anilines is 1. The Bertz CT molecular complexity index is 949. The fourth-order valence-corrected chi connectivity index (χ4v) is 4.66. The van der Waals surface area contributed by atoms with Gasteiger partial charge in [0.15, 0.2) is 0 Å². The van der Waals surface area contributed by atoms with Crippen LogP contribution in [-0.4, -0.2) is 58.1 Å². The first-order chi connectivity index (χ1) is 14.3. The van der Waals surface area contributed by atoms with E-state index in [1.54, 1.807) is 17.0 Å². The lowest BCUT2D eigenvalue weighted by Crippen LogP contribution is -2.54. The number of amides is 1. The van der Waals surface area contributed by atoms with Gasteiger partial charge in [-0.3, -0.25) is 4.79 Å². The Kier molecular flexibility index (Phi) is 6.16. The highest BCUT2D eigenvalue weighted by Gasteiger charge is 2.34. The molecule has 2 aliphatic rings. The van der Waals surface area contributed by atoms with Crippen LogP contribution in [0.1, 0.15) is 42.2 Å². The second-order valence-corrected chi connectivity index (χ2v) is 8.83. The molecule has 0 radical (unpaired) electrons. The van der Waals surface area contributed by atoms with Crippen LogP contribution in [0.2, 0.25) is 10.0 Å². The standard InChI is InChI=1S/C21H25Cl2N5O2/c1-12-8-17(29)19-18(12)20(26-11-25-19)27-4-6-28(7-5-27)21(30)16(24)10-13-2-3-14(22)15(23)9-13/h2-3,9,11-12,16-17,29H,4-8,10,24H2,1H3/t12-,16?,17+/m0/s1. The van der Waals surface area contributed by atoms with Crippen LogP contribution in [0.5, 0.6) is 0 Å². The Labute approximate surface area is 185 Å². The lowest BCUT2D eigenvalue weighted by Gasteiger charge is -2.37. The Morgan fingerprint density at radius 1 is 1.23 bits per heavy atom. The van der Waals surface area contributed by atoms with Gasteiger partial charge >= 0.3 is 0 Å². The second-order valence-electron chi connectivity index (χ2n) is 8.02. The number of nitrogens with zero attached hydrogens (tertiary/aromatic N) is 4. The molecule has 160 valence electrons. The molecule has 1 aromatic carbocycles. The minimum atomic E-state index is -0.632. The van der Waals surface area contributed by atoms with Crippen molar-refractivity contribution >= 4 is 34.9 Å². The second kappa shape index (κ2) is 8.67. The van der Waals surface area contributed by atoms with Crippen molar-refractivity contribution in [1.29, 1.82) is 0 Å². The van der Waals surface area contributed by atoms with Gasteiger partial charge in [-0.05, 0) is 36.5 Å². The summed E-state index contributed by atoms with van der Waals surface area (Å²) in [6.07, 6.45) is 2.06. The molecule has 7 nitrogen and oxygen atoms in total. The predicted octanol–water partition coefficient (Wildman–Crippen LogP) is 2.54. The number of halogens is 2. The van der Waals surface area contributed by atoms with Crippen LogP contribution < -0.4 is 10.6 Å². The third-order valence-corrected chi connectivity index (χ3v) is 6.67. The highest BCUT2D eigenvalue weighted by Crippen LogP contribution is 2.42. The van der Waals surface area contributed by atoms with Gasteiger partial charge in [-0.2, -0.15) is 0 Å². The number of hydrogen-bond acceptors (Lipinski definition) is 6. The largest absolute Gasteiger partial charge is 0.387 e. The fourth-order valence-electron chi connectivity index (χ4n) is 4.34. The molecular formula is C21H25Cl2N5O2. The number of benzene rings is 1. The van der Waals surface area contributed by atoms with Crippen molar-refractivity contribution in [3.05, 3.63) is 51.4 Å². The van der Waals surface area contributed by atoms with Gasteiger partial charge in [0.05, 0.1) is 27.9 Å². The number of carbonyl (C=O) groups excluding carboxylic acids is 1. The molecule has 1 aliphatic carbocycles. The van der Waals surface area contributed by atoms with Crippen LogP contribution in [0.3, 0.4) is 0 Å². The molecule has 30 heavy (non-hydrogen) atoms. The Morgan fingerprint density at radius 3 is 2.67 bits per heavy atom. The normalized spacial score (nSPS) is 22.2. The topological polar surface area (TPSA) is 95.6 Å². The van der Waals surface area contributed by atoms with Gasteiger partial charge in [-0.1, -0.05) is 36.2 Å². The molecule has 9 heteroatoms. The van der Waals surface area contributed by atoms with Crippen LogP contribution in [0.25, 0.3) is 0 Å². The number of rotatable bonds is 4. The van der Waals surface area contributed by atoms with Crippen LogP contribution in [0.15, 0.2) is 24.5 Å². The van der Waals surface area contributed by atoms with Gasteiger partial charge < -0.3 is 20.6 Å². The Balaban J connectivity index is 1.39. The third kappa shape index (κ3) is 4.12. The van der Waals surface area contributed by atoms with Crippen molar-refractivity contribution in [3.8, 4) is 0 Å². The minimum Gasteiger partial charge on any atom is -0.387 e. The summed E-state index contributed by atoms with van der Waals surface area (Å²) in [5, 5.41) is 11.2. The third-order valence-electron chi connectivity index (χ3n) is 5.93. The highest BCUT2D eigenvalue weighted by atomic mass is 35.5. The summed E-state index contributed by atoms with van der Waals surface area (Å²) >= 11 is 12.0. The average Bonchev–Trinajstić information content (AvgIpc) is 3.04. The van der Waals surface area contributed by atoms with Crippen molar-refractivity contribution < 1.29 is 9.90 Å². The molecule has 3 atom stereocenters. The number of piperazine rings is 1. The van der Waals surface area contributed by atoms with E-state index in [0.717, 1.165) is 22.6 Å². The highest BCUT2D eigenvalue weighted by molar-refractivity contribution is 6.42. The smallest absolute Gasteiger partial charge is 0.239 e. The molecule has 0 bridgehead atoms. The van der Waals surface area contributed by atoms with Crippen LogP contribution in [0.4, 0.5) is 5.82 Å². The molecular weight excluding hydrogens is 425 g/mol. The fraction of sp³-hybridized carbons (Fsp3) is 0.476. The number of aliphatic hydroxyl groups excluding tert-OH is 1. The molecule has 1 amide bonds. The number of hydrogen-bond donors (Lipinski definition) is 2. The van der Waals surface area contributed by atoms with E-state index < -0.39 is 12.1 Å². The number of carbonyl (C=O) groups is 1. The van der Waals surface area contributed by atoms with Crippen molar-refractivity contribution in [2.45, 2.75) is 37.8 Å². The zero-order valence-electron chi connectivity index (χ0n) is 16.8. The minimum absolute atomic E-state index is 0.0718. The quantitative estimate of drug-likeness (QED) is 0.744. The molecule has 1 aromatic heterocycles. The van der Waals surface area contributed by atoms with E-state index in [1.807, 2.05) is 6.07 Å². The molecule has 2 heterocycles. The van der Waals surface area contributed by atoms with E-state index in [2.05, 4.69) is 21.8 Å². The summed E-state index contributed by atoms with van der Waals surface area (Å²) in [5.74, 6) is 1.01. The summed E-state index contributed by atoms with van der Waals surface area (Å²) in [5.41, 5.74) is 8.83. The summed E-state index contributed by atoms with van der Waals surface area (Å²) in [4.78, 5) is 25.6. The van der Waals surface area contributed by atoms with Crippen LogP contribution in [0, 0.1) is 0 Å². The van der Waals surface area contributed by atoms with Crippen molar-refractivity contribution in [2.24, 2.45) is 5.73 Å². The van der Waals surface area contributed by atoms with Crippen molar-refractivity contribution in [3.63, 3.8) is 0 Å². The number of aliphatic hydroxyl groups is 1. The first kappa shape index (κ1) is 21.3. The van der Waals surface area contributed by atoms with Crippen molar-refractivity contribution in [1.82, 2.24) is 14.9 Å². The number of aromatic nitrogens is 2.